The van der Waals surface area contributed by atoms with Gasteiger partial charge < -0.3 is 23.8 Å². The number of hydrogen-bond donors (Lipinski definition) is 1. The summed E-state index contributed by atoms with van der Waals surface area (Å²) in [5, 5.41) is 15.3. The maximum absolute atomic E-state index is 13.3. The average molecular weight is 479 g/mol. The summed E-state index contributed by atoms with van der Waals surface area (Å²) in [7, 11) is 2.96. The first-order valence-electron chi connectivity index (χ1n) is 11.1. The summed E-state index contributed by atoms with van der Waals surface area (Å²) in [5.74, 6) is 0.0213. The summed E-state index contributed by atoms with van der Waals surface area (Å²) in [5.41, 5.74) is 0.774. The van der Waals surface area contributed by atoms with E-state index < -0.39 is 17.7 Å². The first kappa shape index (κ1) is 23.9. The molecule has 0 spiro atoms. The summed E-state index contributed by atoms with van der Waals surface area (Å²) in [4.78, 5) is 27.7. The molecule has 1 atom stereocenters. The van der Waals surface area contributed by atoms with E-state index in [1.807, 2.05) is 6.92 Å². The van der Waals surface area contributed by atoms with Crippen molar-refractivity contribution in [2.24, 2.45) is 0 Å². The number of amides is 1. The fourth-order valence-corrected chi connectivity index (χ4v) is 3.98. The Morgan fingerprint density at radius 3 is 2.51 bits per heavy atom. The number of aryl methyl sites for hydroxylation is 1. The van der Waals surface area contributed by atoms with Gasteiger partial charge in [-0.05, 0) is 49.2 Å². The summed E-state index contributed by atoms with van der Waals surface area (Å²) < 4.78 is 21.5. The topological polar surface area (TPSA) is 111 Å². The molecule has 1 aliphatic rings. The number of benzene rings is 2. The number of ether oxygens (including phenoxy) is 3. The number of ketones is 1. The van der Waals surface area contributed by atoms with Crippen LogP contribution in [-0.2, 0) is 9.59 Å². The van der Waals surface area contributed by atoms with Crippen LogP contribution in [0.25, 0.3) is 5.76 Å². The molecule has 1 aromatic heterocycles. The monoisotopic (exact) mass is 478 g/mol. The number of Topliss-reactive ketones (excluding diaryl/α,β-unsaturated/α-hetero) is 1. The van der Waals surface area contributed by atoms with Crippen LogP contribution in [0.5, 0.6) is 17.2 Å². The van der Waals surface area contributed by atoms with Crippen LogP contribution in [0.15, 0.2) is 58.6 Å². The quantitative estimate of drug-likeness (QED) is 0.288. The second kappa shape index (κ2) is 9.92. The molecule has 3 aromatic rings. The largest absolute Gasteiger partial charge is 0.507 e. The maximum Gasteiger partial charge on any atom is 0.301 e. The molecule has 2 heterocycles. The molecule has 1 fully saturated rings. The van der Waals surface area contributed by atoms with Crippen molar-refractivity contribution in [3.8, 4) is 17.2 Å². The van der Waals surface area contributed by atoms with E-state index in [0.717, 1.165) is 6.42 Å². The molecule has 1 amide bonds. The van der Waals surface area contributed by atoms with E-state index in [1.54, 1.807) is 55.5 Å². The Balaban J connectivity index is 1.91. The molecule has 1 N–H and O–H groups in total. The van der Waals surface area contributed by atoms with Crippen LogP contribution in [0.1, 0.15) is 36.3 Å². The Morgan fingerprint density at radius 2 is 1.86 bits per heavy atom. The third-order valence-electron chi connectivity index (χ3n) is 5.61. The number of carbonyl (C=O) groups is 2. The summed E-state index contributed by atoms with van der Waals surface area (Å²) in [6.07, 6.45) is 0.820. The molecule has 0 saturated carbocycles. The summed E-state index contributed by atoms with van der Waals surface area (Å²) >= 11 is 0. The van der Waals surface area contributed by atoms with Crippen molar-refractivity contribution in [2.75, 3.05) is 25.7 Å². The van der Waals surface area contributed by atoms with Crippen molar-refractivity contribution in [3.05, 3.63) is 71.0 Å². The smallest absolute Gasteiger partial charge is 0.301 e. The number of aliphatic hydroxyl groups is 1. The first-order chi connectivity index (χ1) is 16.9. The van der Waals surface area contributed by atoms with Crippen LogP contribution in [0, 0.1) is 6.92 Å². The number of anilines is 1. The fraction of sp³-hybridized carbons (Fsp3) is 0.269. The number of aliphatic hydroxyl groups excluding tert-OH is 1. The Bertz CT molecular complexity index is 1290. The van der Waals surface area contributed by atoms with Gasteiger partial charge in [-0.15, -0.1) is 0 Å². The van der Waals surface area contributed by atoms with Gasteiger partial charge in [0.05, 0.1) is 32.4 Å². The van der Waals surface area contributed by atoms with Gasteiger partial charge in [-0.2, -0.15) is 0 Å². The summed E-state index contributed by atoms with van der Waals surface area (Å²) in [6, 6.07) is 12.4. The van der Waals surface area contributed by atoms with E-state index in [0.29, 0.717) is 40.7 Å². The lowest BCUT2D eigenvalue weighted by Crippen LogP contribution is -2.29. The Morgan fingerprint density at radius 1 is 1.09 bits per heavy atom. The minimum absolute atomic E-state index is 0.0875. The fourth-order valence-electron chi connectivity index (χ4n) is 3.98. The maximum atomic E-state index is 13.3. The van der Waals surface area contributed by atoms with Gasteiger partial charge in [0, 0.05) is 11.6 Å². The second-order valence-corrected chi connectivity index (χ2v) is 7.96. The van der Waals surface area contributed by atoms with Crippen LogP contribution >= 0.6 is 0 Å². The van der Waals surface area contributed by atoms with Gasteiger partial charge >= 0.3 is 5.91 Å². The van der Waals surface area contributed by atoms with Crippen molar-refractivity contribution in [2.45, 2.75) is 26.3 Å². The molecule has 2 aromatic carbocycles. The normalized spacial score (nSPS) is 17.0. The lowest BCUT2D eigenvalue weighted by Gasteiger charge is -2.23. The van der Waals surface area contributed by atoms with E-state index in [9.17, 15) is 14.7 Å². The highest BCUT2D eigenvalue weighted by Gasteiger charge is 2.48. The van der Waals surface area contributed by atoms with Crippen LogP contribution in [0.2, 0.25) is 0 Å². The van der Waals surface area contributed by atoms with Crippen molar-refractivity contribution >= 4 is 23.3 Å². The predicted octanol–water partition coefficient (Wildman–Crippen LogP) is 4.42. The molecule has 9 nitrogen and oxygen atoms in total. The Hall–Kier alpha value is -4.27. The van der Waals surface area contributed by atoms with Crippen molar-refractivity contribution in [1.82, 2.24) is 5.16 Å². The van der Waals surface area contributed by atoms with E-state index >= 15 is 0 Å². The van der Waals surface area contributed by atoms with Crippen molar-refractivity contribution in [3.63, 3.8) is 0 Å². The molecule has 0 radical (unpaired) electrons. The minimum Gasteiger partial charge on any atom is -0.507 e. The third kappa shape index (κ3) is 4.44. The van der Waals surface area contributed by atoms with Gasteiger partial charge in [-0.3, -0.25) is 14.5 Å². The molecule has 0 aliphatic carbocycles. The average Bonchev–Trinajstić information content (AvgIpc) is 3.42. The zero-order valence-electron chi connectivity index (χ0n) is 19.9. The highest BCUT2D eigenvalue weighted by molar-refractivity contribution is 6.51. The molecule has 4 rings (SSSR count). The Kier molecular flexibility index (Phi) is 6.77. The first-order valence-corrected chi connectivity index (χ1v) is 11.1. The van der Waals surface area contributed by atoms with Gasteiger partial charge in [-0.1, -0.05) is 24.2 Å². The lowest BCUT2D eigenvalue weighted by atomic mass is 9.95. The van der Waals surface area contributed by atoms with Gasteiger partial charge in [0.15, 0.2) is 17.3 Å². The van der Waals surface area contributed by atoms with Crippen LogP contribution in [0.3, 0.4) is 0 Å². The van der Waals surface area contributed by atoms with Gasteiger partial charge in [0.25, 0.3) is 5.78 Å². The molecule has 0 bridgehead atoms. The molecular weight excluding hydrogens is 452 g/mol. The molecule has 35 heavy (non-hydrogen) atoms. The number of hydrogen-bond acceptors (Lipinski definition) is 8. The third-order valence-corrected chi connectivity index (χ3v) is 5.61. The number of rotatable bonds is 8. The minimum atomic E-state index is -0.960. The van der Waals surface area contributed by atoms with E-state index in [2.05, 4.69) is 5.16 Å². The predicted molar refractivity (Wildman–Crippen MR) is 128 cm³/mol. The lowest BCUT2D eigenvalue weighted by molar-refractivity contribution is -0.132. The zero-order valence-corrected chi connectivity index (χ0v) is 19.9. The highest BCUT2D eigenvalue weighted by Crippen LogP contribution is 2.43. The van der Waals surface area contributed by atoms with E-state index in [-0.39, 0.29) is 17.2 Å². The number of methoxy groups -OCH3 is 2. The van der Waals surface area contributed by atoms with Crippen LogP contribution in [0.4, 0.5) is 5.82 Å². The highest BCUT2D eigenvalue weighted by atomic mass is 16.5. The van der Waals surface area contributed by atoms with Gasteiger partial charge in [0.2, 0.25) is 0 Å². The molecule has 182 valence electrons. The van der Waals surface area contributed by atoms with Crippen molar-refractivity contribution in [1.29, 1.82) is 0 Å². The zero-order chi connectivity index (χ0) is 25.1. The number of aromatic nitrogens is 1. The standard InChI is InChI=1S/C26H26N2O7/c1-5-11-34-18-8-6-7-16(13-18)23-22(24(29)17-9-10-19(32-3)20(14-17)33-4)25(30)26(31)28(23)21-12-15(2)35-27-21/h6-10,12-14,23,29H,5,11H2,1-4H3/b24-22+/t23-/m1/s1. The van der Waals surface area contributed by atoms with Gasteiger partial charge in [-0.25, -0.2) is 0 Å². The van der Waals surface area contributed by atoms with Crippen LogP contribution < -0.4 is 19.1 Å². The van der Waals surface area contributed by atoms with Crippen LogP contribution in [-0.4, -0.2) is 42.8 Å². The Labute approximate surface area is 202 Å². The second-order valence-electron chi connectivity index (χ2n) is 7.96. The van der Waals surface area contributed by atoms with E-state index in [4.69, 9.17) is 18.7 Å². The molecule has 0 unspecified atom stereocenters. The van der Waals surface area contributed by atoms with Gasteiger partial charge in [0.1, 0.15) is 17.3 Å². The molecule has 1 aliphatic heterocycles. The molecule has 1 saturated heterocycles. The number of nitrogens with zero attached hydrogens (tertiary/aromatic N) is 2. The van der Waals surface area contributed by atoms with E-state index in [1.165, 1.54) is 19.1 Å². The number of carbonyl (C=O) groups excluding carboxylic acids is 2. The molecule has 9 heteroatoms. The van der Waals surface area contributed by atoms with Crippen molar-refractivity contribution < 1.29 is 33.4 Å². The molecular formula is C26H26N2O7. The SMILES string of the molecule is CCCOc1cccc([C@@H]2/C(=C(\O)c3ccc(OC)c(OC)c3)C(=O)C(=O)N2c2cc(C)on2)c1. The summed E-state index contributed by atoms with van der Waals surface area (Å²) in [6.45, 7) is 4.19.